The van der Waals surface area contributed by atoms with E-state index in [9.17, 15) is 26.7 Å². The highest BCUT2D eigenvalue weighted by molar-refractivity contribution is 7.90. The van der Waals surface area contributed by atoms with Gasteiger partial charge in [0.1, 0.15) is 16.2 Å². The van der Waals surface area contributed by atoms with Gasteiger partial charge in [0.25, 0.3) is 15.6 Å². The third-order valence-electron chi connectivity index (χ3n) is 5.68. The van der Waals surface area contributed by atoms with Gasteiger partial charge in [-0.25, -0.2) is 4.68 Å². The molecular formula is C20H19N5O7S2. The first kappa shape index (κ1) is 22.2. The molecule has 178 valence electrons. The number of pyridine rings is 1. The smallest absolute Gasteiger partial charge is 0.357 e. The van der Waals surface area contributed by atoms with Gasteiger partial charge in [-0.1, -0.05) is 12.1 Å². The molecule has 0 saturated heterocycles. The van der Waals surface area contributed by atoms with Crippen LogP contribution < -0.4 is 21.0 Å². The molecule has 0 amide bonds. The van der Waals surface area contributed by atoms with Crippen LogP contribution in [0.1, 0.15) is 24.8 Å². The van der Waals surface area contributed by atoms with Crippen molar-refractivity contribution in [1.82, 2.24) is 4.68 Å². The summed E-state index contributed by atoms with van der Waals surface area (Å²) in [6.07, 6.45) is 2.77. The van der Waals surface area contributed by atoms with Crippen molar-refractivity contribution >= 4 is 48.4 Å². The van der Waals surface area contributed by atoms with Crippen LogP contribution in [0.4, 0.5) is 11.4 Å². The third kappa shape index (κ3) is 3.85. The average Bonchev–Trinajstić information content (AvgIpc) is 2.71. The van der Waals surface area contributed by atoms with E-state index < -0.39 is 31.6 Å². The maximum Gasteiger partial charge on any atom is 0.357 e. The van der Waals surface area contributed by atoms with Crippen LogP contribution in [0.5, 0.6) is 5.75 Å². The van der Waals surface area contributed by atoms with Gasteiger partial charge in [0.15, 0.2) is 5.84 Å². The zero-order chi connectivity index (χ0) is 24.3. The number of hydrogen-bond donors (Lipinski definition) is 5. The van der Waals surface area contributed by atoms with Crippen molar-refractivity contribution in [1.29, 1.82) is 0 Å². The van der Waals surface area contributed by atoms with E-state index in [0.29, 0.717) is 10.9 Å². The van der Waals surface area contributed by atoms with Crippen molar-refractivity contribution in [2.45, 2.75) is 30.2 Å². The summed E-state index contributed by atoms with van der Waals surface area (Å²) < 4.78 is 63.6. The lowest BCUT2D eigenvalue weighted by molar-refractivity contribution is 0.414. The second-order valence-electron chi connectivity index (χ2n) is 7.97. The van der Waals surface area contributed by atoms with E-state index in [1.807, 2.05) is 0 Å². The Balaban J connectivity index is 1.66. The zero-order valence-corrected chi connectivity index (χ0v) is 19.0. The first-order chi connectivity index (χ1) is 16.0. The van der Waals surface area contributed by atoms with Crippen LogP contribution in [0, 0.1) is 0 Å². The molecule has 1 saturated carbocycles. The van der Waals surface area contributed by atoms with Gasteiger partial charge < -0.3 is 15.8 Å². The van der Waals surface area contributed by atoms with Crippen molar-refractivity contribution in [2.75, 3.05) is 15.5 Å². The van der Waals surface area contributed by atoms with E-state index in [2.05, 4.69) is 15.1 Å². The van der Waals surface area contributed by atoms with Crippen LogP contribution in [0.15, 0.2) is 56.6 Å². The number of hydrogen-bond acceptors (Lipinski definition) is 8. The van der Waals surface area contributed by atoms with E-state index in [1.165, 1.54) is 16.8 Å². The zero-order valence-electron chi connectivity index (χ0n) is 17.4. The number of anilines is 2. The summed E-state index contributed by atoms with van der Waals surface area (Å²) in [5, 5.41) is 14.0. The summed E-state index contributed by atoms with van der Waals surface area (Å²) >= 11 is 0. The number of nitrogens with zero attached hydrogens (tertiary/aromatic N) is 2. The Labute approximate surface area is 193 Å². The van der Waals surface area contributed by atoms with Gasteiger partial charge in [-0.2, -0.15) is 16.8 Å². The third-order valence-corrected chi connectivity index (χ3v) is 7.49. The molecule has 34 heavy (non-hydrogen) atoms. The van der Waals surface area contributed by atoms with Crippen LogP contribution in [-0.4, -0.2) is 43.0 Å². The normalized spacial score (nSPS) is 17.3. The number of aromatic nitrogens is 1. The lowest BCUT2D eigenvalue weighted by Crippen LogP contribution is -2.42. The molecule has 12 nitrogen and oxygen atoms in total. The summed E-state index contributed by atoms with van der Waals surface area (Å²) in [5.41, 5.74) is 2.36. The molecule has 5 rings (SSSR count). The number of aromatic hydroxyl groups is 1. The molecule has 0 bridgehead atoms. The number of rotatable bonds is 5. The summed E-state index contributed by atoms with van der Waals surface area (Å²) in [6, 6.07) is 10.2. The number of benzene rings is 2. The first-order valence-electron chi connectivity index (χ1n) is 10.2. The molecule has 2 aliphatic rings. The number of fused-ring (bicyclic) bond motifs is 2. The first-order valence-corrected chi connectivity index (χ1v) is 13.1. The van der Waals surface area contributed by atoms with Crippen LogP contribution in [0.25, 0.3) is 10.9 Å². The Bertz CT molecular complexity index is 1640. The van der Waals surface area contributed by atoms with Crippen molar-refractivity contribution in [3.63, 3.8) is 0 Å². The van der Waals surface area contributed by atoms with E-state index in [4.69, 9.17) is 4.55 Å². The Morgan fingerprint density at radius 3 is 2.56 bits per heavy atom. The fraction of sp³-hybridized carbons (Fsp3) is 0.200. The van der Waals surface area contributed by atoms with E-state index >= 15 is 0 Å². The van der Waals surface area contributed by atoms with Crippen LogP contribution in [-0.2, 0) is 20.3 Å². The van der Waals surface area contributed by atoms with E-state index in [1.54, 1.807) is 29.0 Å². The molecule has 1 aliphatic heterocycles. The minimum absolute atomic E-state index is 0.0105. The number of para-hydroxylation sites is 1. The fourth-order valence-electron chi connectivity index (χ4n) is 3.87. The minimum atomic E-state index is -4.62. The second-order valence-corrected chi connectivity index (χ2v) is 10.7. The maximum absolute atomic E-state index is 13.4. The van der Waals surface area contributed by atoms with Gasteiger partial charge in [0.2, 0.25) is 0 Å². The highest BCUT2D eigenvalue weighted by Gasteiger charge is 2.31. The summed E-state index contributed by atoms with van der Waals surface area (Å²) in [5.74, 6) is -0.803. The molecule has 3 aromatic rings. The minimum Gasteiger partial charge on any atom is -0.506 e. The quantitative estimate of drug-likeness (QED) is 0.322. The Hall–Kier alpha value is -3.62. The Kier molecular flexibility index (Phi) is 5.03. The van der Waals surface area contributed by atoms with Gasteiger partial charge in [0.05, 0.1) is 16.9 Å². The Morgan fingerprint density at radius 2 is 1.88 bits per heavy atom. The molecule has 1 aromatic heterocycles. The molecule has 0 radical (unpaired) electrons. The highest BCUT2D eigenvalue weighted by atomic mass is 32.2. The molecule has 1 fully saturated rings. The van der Waals surface area contributed by atoms with Crippen molar-refractivity contribution in [2.24, 2.45) is 4.40 Å². The van der Waals surface area contributed by atoms with Crippen molar-refractivity contribution < 1.29 is 26.5 Å². The molecule has 1 aliphatic carbocycles. The van der Waals surface area contributed by atoms with E-state index in [0.717, 1.165) is 25.3 Å². The fourth-order valence-corrected chi connectivity index (χ4v) is 5.44. The van der Waals surface area contributed by atoms with Gasteiger partial charge in [-0.3, -0.25) is 14.1 Å². The largest absolute Gasteiger partial charge is 0.506 e. The van der Waals surface area contributed by atoms with Crippen LogP contribution in [0.2, 0.25) is 0 Å². The monoisotopic (exact) mass is 505 g/mol. The molecule has 5 N–H and O–H groups in total. The highest BCUT2D eigenvalue weighted by Crippen LogP contribution is 2.34. The summed E-state index contributed by atoms with van der Waals surface area (Å²) in [6.45, 7) is 0. The van der Waals surface area contributed by atoms with Gasteiger partial charge >= 0.3 is 10.3 Å². The average molecular weight is 506 g/mol. The van der Waals surface area contributed by atoms with Crippen molar-refractivity contribution in [3.8, 4) is 5.75 Å². The predicted molar refractivity (Wildman–Crippen MR) is 126 cm³/mol. The van der Waals surface area contributed by atoms with Crippen LogP contribution >= 0.6 is 0 Å². The molecule has 0 spiro atoms. The topological polar surface area (TPSA) is 179 Å². The second kappa shape index (κ2) is 7.72. The van der Waals surface area contributed by atoms with Crippen LogP contribution in [0.3, 0.4) is 0 Å². The SMILES string of the molecule is O=c1c(C2=NS(=O)(=O)c3cc(NS(=O)(=O)O)ccc3N2)c(O)c2ccccc2n1NC1CCC1. The van der Waals surface area contributed by atoms with E-state index in [-0.39, 0.29) is 33.7 Å². The lowest BCUT2D eigenvalue weighted by Gasteiger charge is -2.29. The number of nitrogens with one attached hydrogen (secondary N) is 3. The lowest BCUT2D eigenvalue weighted by atomic mass is 9.94. The van der Waals surface area contributed by atoms with Crippen molar-refractivity contribution in [3.05, 3.63) is 58.4 Å². The molecule has 0 unspecified atom stereocenters. The van der Waals surface area contributed by atoms with Gasteiger partial charge in [-0.15, -0.1) is 4.40 Å². The summed E-state index contributed by atoms with van der Waals surface area (Å²) in [7, 11) is -9.03. The Morgan fingerprint density at radius 1 is 1.15 bits per heavy atom. The molecule has 2 aromatic carbocycles. The number of amidine groups is 1. The number of sulfonamides is 1. The molecule has 14 heteroatoms. The standard InChI is InChI=1S/C20H19N5O7S2/c26-18-13-6-1-2-7-15(13)25(22-11-4-3-5-11)20(27)17(18)19-21-14-9-8-12(23-34(30,31)32)10-16(14)33(28,29)24-19/h1-2,6-11,22-23,26H,3-5H2,(H,21,24)(H,30,31,32). The molecule has 2 heterocycles. The van der Waals surface area contributed by atoms with Gasteiger partial charge in [-0.05, 0) is 49.6 Å². The molecular weight excluding hydrogens is 486 g/mol. The predicted octanol–water partition coefficient (Wildman–Crippen LogP) is 1.58. The summed E-state index contributed by atoms with van der Waals surface area (Å²) in [4.78, 5) is 13.1. The molecule has 0 atom stereocenters. The van der Waals surface area contributed by atoms with Gasteiger partial charge in [0, 0.05) is 11.4 Å². The maximum atomic E-state index is 13.4.